The van der Waals surface area contributed by atoms with E-state index < -0.39 is 34.7 Å². The van der Waals surface area contributed by atoms with Crippen molar-refractivity contribution < 1.29 is 23.5 Å². The van der Waals surface area contributed by atoms with Crippen molar-refractivity contribution in [1.29, 1.82) is 0 Å². The number of aliphatic carboxylic acids is 1. The molecule has 1 heterocycles. The lowest BCUT2D eigenvalue weighted by molar-refractivity contribution is -0.149. The van der Waals surface area contributed by atoms with Gasteiger partial charge >= 0.3 is 12.0 Å². The molecule has 23 heavy (non-hydrogen) atoms. The zero-order valence-corrected chi connectivity index (χ0v) is 12.9. The van der Waals surface area contributed by atoms with Crippen molar-refractivity contribution in [3.8, 4) is 0 Å². The molecule has 0 radical (unpaired) electrons. The number of carbonyl (C=O) groups excluding carboxylic acids is 1. The smallest absolute Gasteiger partial charge is 0.322 e. The van der Waals surface area contributed by atoms with E-state index in [1.165, 1.54) is 4.90 Å². The summed E-state index contributed by atoms with van der Waals surface area (Å²) in [6.07, 6.45) is 2.06. The molecule has 0 aromatic heterocycles. The first-order valence-corrected chi connectivity index (χ1v) is 7.65. The van der Waals surface area contributed by atoms with E-state index in [0.717, 1.165) is 25.0 Å². The van der Waals surface area contributed by atoms with Crippen molar-refractivity contribution in [2.45, 2.75) is 19.3 Å². The number of hydrogen-bond donors (Lipinski definition) is 2. The summed E-state index contributed by atoms with van der Waals surface area (Å²) in [4.78, 5) is 25.2. The molecule has 2 N–H and O–H groups in total. The second-order valence-electron chi connectivity index (χ2n) is 6.11. The summed E-state index contributed by atoms with van der Waals surface area (Å²) < 4.78 is 27.5. The van der Waals surface area contributed by atoms with Gasteiger partial charge in [-0.15, -0.1) is 0 Å². The molecular weight excluding hydrogens is 330 g/mol. The lowest BCUT2D eigenvalue weighted by Crippen LogP contribution is -2.39. The zero-order valence-electron chi connectivity index (χ0n) is 12.1. The lowest BCUT2D eigenvalue weighted by atomic mass is 9.81. The third-order valence-corrected chi connectivity index (χ3v) is 5.04. The molecule has 1 saturated heterocycles. The van der Waals surface area contributed by atoms with Crippen molar-refractivity contribution in [1.82, 2.24) is 4.90 Å². The van der Waals surface area contributed by atoms with Gasteiger partial charge in [0.2, 0.25) is 0 Å². The SMILES string of the molecule is O=C(Nc1c(F)cc(Cl)cc1F)N1C[C@@H]2CCC[C@@]2(C(=O)O)C1. The molecule has 0 spiro atoms. The number of halogens is 3. The first-order valence-electron chi connectivity index (χ1n) is 7.27. The minimum atomic E-state index is -0.976. The average Bonchev–Trinajstić information content (AvgIpc) is 3.00. The van der Waals surface area contributed by atoms with E-state index in [4.69, 9.17) is 11.6 Å². The van der Waals surface area contributed by atoms with E-state index in [1.807, 2.05) is 0 Å². The third-order valence-electron chi connectivity index (χ3n) is 4.82. The van der Waals surface area contributed by atoms with Crippen LogP contribution in [0.4, 0.5) is 19.3 Å². The highest BCUT2D eigenvalue weighted by atomic mass is 35.5. The van der Waals surface area contributed by atoms with Gasteiger partial charge in [-0.2, -0.15) is 0 Å². The van der Waals surface area contributed by atoms with Crippen LogP contribution in [0.25, 0.3) is 0 Å². The summed E-state index contributed by atoms with van der Waals surface area (Å²) >= 11 is 5.54. The summed E-state index contributed by atoms with van der Waals surface area (Å²) in [5, 5.41) is 11.6. The standard InChI is InChI=1S/C15H15ClF2N2O3/c16-9-4-10(17)12(11(18)5-9)19-14(23)20-6-8-2-1-3-15(8,7-20)13(21)22/h4-5,8H,1-3,6-7H2,(H,19,23)(H,21,22)/t8-,15+/m0/s1. The highest BCUT2D eigenvalue weighted by Crippen LogP contribution is 2.49. The van der Waals surface area contributed by atoms with E-state index in [2.05, 4.69) is 5.32 Å². The topological polar surface area (TPSA) is 69.6 Å². The first-order chi connectivity index (χ1) is 10.8. The van der Waals surface area contributed by atoms with Crippen molar-refractivity contribution in [3.63, 3.8) is 0 Å². The van der Waals surface area contributed by atoms with Crippen LogP contribution in [-0.2, 0) is 4.79 Å². The van der Waals surface area contributed by atoms with Gasteiger partial charge in [-0.1, -0.05) is 18.0 Å². The van der Waals surface area contributed by atoms with Crippen LogP contribution < -0.4 is 5.32 Å². The van der Waals surface area contributed by atoms with Crippen LogP contribution in [0, 0.1) is 23.0 Å². The molecule has 3 rings (SSSR count). The van der Waals surface area contributed by atoms with Crippen molar-refractivity contribution in [2.24, 2.45) is 11.3 Å². The third kappa shape index (κ3) is 2.63. The normalized spacial score (nSPS) is 26.2. The van der Waals surface area contributed by atoms with Gasteiger partial charge in [-0.25, -0.2) is 13.6 Å². The number of carbonyl (C=O) groups is 2. The fourth-order valence-electron chi connectivity index (χ4n) is 3.64. The molecule has 2 amide bonds. The van der Waals surface area contributed by atoms with Gasteiger partial charge in [-0.05, 0) is 30.9 Å². The monoisotopic (exact) mass is 344 g/mol. The highest BCUT2D eigenvalue weighted by Gasteiger charge is 2.55. The van der Waals surface area contributed by atoms with E-state index in [1.54, 1.807) is 0 Å². The maximum Gasteiger partial charge on any atom is 0.322 e. The van der Waals surface area contributed by atoms with Crippen LogP contribution in [0.5, 0.6) is 0 Å². The fourth-order valence-corrected chi connectivity index (χ4v) is 3.83. The van der Waals surface area contributed by atoms with Gasteiger partial charge in [0.1, 0.15) is 5.69 Å². The first kappa shape index (κ1) is 16.0. The number of fused-ring (bicyclic) bond motifs is 1. The molecule has 0 unspecified atom stereocenters. The summed E-state index contributed by atoms with van der Waals surface area (Å²) in [6.45, 7) is 0.324. The number of anilines is 1. The van der Waals surface area contributed by atoms with Crippen LogP contribution in [0.1, 0.15) is 19.3 Å². The second-order valence-corrected chi connectivity index (χ2v) is 6.54. The maximum absolute atomic E-state index is 13.7. The number of benzene rings is 1. The van der Waals surface area contributed by atoms with Gasteiger partial charge in [-0.3, -0.25) is 4.79 Å². The van der Waals surface area contributed by atoms with Crippen molar-refractivity contribution in [2.75, 3.05) is 18.4 Å². The van der Waals surface area contributed by atoms with Crippen LogP contribution in [0.2, 0.25) is 5.02 Å². The number of carboxylic acid groups (broad SMARTS) is 1. The Labute approximate surface area is 136 Å². The molecule has 5 nitrogen and oxygen atoms in total. The molecule has 1 aromatic carbocycles. The number of hydrogen-bond acceptors (Lipinski definition) is 2. The summed E-state index contributed by atoms with van der Waals surface area (Å²) in [5.41, 5.74) is -1.52. The Bertz CT molecular complexity index is 662. The second kappa shape index (κ2) is 5.63. The summed E-state index contributed by atoms with van der Waals surface area (Å²) in [5.74, 6) is -2.99. The molecule has 2 fully saturated rings. The van der Waals surface area contributed by atoms with Gasteiger partial charge in [0.15, 0.2) is 11.6 Å². The lowest BCUT2D eigenvalue weighted by Gasteiger charge is -2.23. The Balaban J connectivity index is 1.77. The number of amides is 2. The van der Waals surface area contributed by atoms with Crippen LogP contribution in [-0.4, -0.2) is 35.1 Å². The number of rotatable bonds is 2. The fraction of sp³-hybridized carbons (Fsp3) is 0.467. The van der Waals surface area contributed by atoms with E-state index >= 15 is 0 Å². The minimum Gasteiger partial charge on any atom is -0.481 e. The molecule has 0 bridgehead atoms. The van der Waals surface area contributed by atoms with Crippen molar-refractivity contribution in [3.05, 3.63) is 28.8 Å². The molecule has 1 saturated carbocycles. The van der Waals surface area contributed by atoms with Crippen LogP contribution in [0.3, 0.4) is 0 Å². The van der Waals surface area contributed by atoms with E-state index in [9.17, 15) is 23.5 Å². The van der Waals surface area contributed by atoms with E-state index in [-0.39, 0.29) is 24.0 Å². The predicted octanol–water partition coefficient (Wildman–Crippen LogP) is 3.34. The Hall–Kier alpha value is -1.89. The maximum atomic E-state index is 13.7. The average molecular weight is 345 g/mol. The minimum absolute atomic E-state index is 0.0513. The van der Waals surface area contributed by atoms with Crippen LogP contribution in [0.15, 0.2) is 12.1 Å². The molecule has 1 aliphatic heterocycles. The molecule has 1 aromatic rings. The zero-order chi connectivity index (χ0) is 16.8. The highest BCUT2D eigenvalue weighted by molar-refractivity contribution is 6.30. The van der Waals surface area contributed by atoms with E-state index in [0.29, 0.717) is 6.42 Å². The number of nitrogens with one attached hydrogen (secondary N) is 1. The number of nitrogens with zero attached hydrogens (tertiary/aromatic N) is 1. The predicted molar refractivity (Wildman–Crippen MR) is 79.4 cm³/mol. The summed E-state index contributed by atoms with van der Waals surface area (Å²) in [7, 11) is 0. The Morgan fingerprint density at radius 2 is 2.00 bits per heavy atom. The number of carboxylic acids is 1. The van der Waals surface area contributed by atoms with Gasteiger partial charge in [0, 0.05) is 18.1 Å². The Morgan fingerprint density at radius 1 is 1.35 bits per heavy atom. The molecular formula is C15H15ClF2N2O3. The Morgan fingerprint density at radius 3 is 2.57 bits per heavy atom. The molecule has 1 aliphatic carbocycles. The largest absolute Gasteiger partial charge is 0.481 e. The quantitative estimate of drug-likeness (QED) is 0.864. The molecule has 2 aliphatic rings. The van der Waals surface area contributed by atoms with Crippen molar-refractivity contribution >= 4 is 29.3 Å². The van der Waals surface area contributed by atoms with Gasteiger partial charge in [0.05, 0.1) is 5.41 Å². The van der Waals surface area contributed by atoms with Gasteiger partial charge in [0.25, 0.3) is 0 Å². The molecule has 2 atom stereocenters. The molecule has 124 valence electrons. The Kier molecular flexibility index (Phi) is 3.91. The van der Waals surface area contributed by atoms with Gasteiger partial charge < -0.3 is 15.3 Å². The van der Waals surface area contributed by atoms with Crippen LogP contribution >= 0.6 is 11.6 Å². The number of likely N-dealkylation sites (tertiary alicyclic amines) is 1. The molecule has 8 heteroatoms. The number of urea groups is 1. The summed E-state index contributed by atoms with van der Waals surface area (Å²) in [6, 6.07) is 1.09.